The van der Waals surface area contributed by atoms with Gasteiger partial charge in [-0.2, -0.15) is 0 Å². The first-order chi connectivity index (χ1) is 12.5. The lowest BCUT2D eigenvalue weighted by Crippen LogP contribution is -2.59. The third-order valence-electron chi connectivity index (χ3n) is 5.86. The van der Waals surface area contributed by atoms with Crippen molar-refractivity contribution in [2.45, 2.75) is 25.4 Å². The summed E-state index contributed by atoms with van der Waals surface area (Å²) in [6.45, 7) is 2.84. The number of aliphatic hydroxyl groups excluding tert-OH is 1. The Labute approximate surface area is 152 Å². The number of nitrogens with zero attached hydrogens (tertiary/aromatic N) is 3. The number of hydrogen-bond acceptors (Lipinski definition) is 4. The quantitative estimate of drug-likeness (QED) is 0.851. The van der Waals surface area contributed by atoms with Crippen LogP contribution in [0.1, 0.15) is 29.8 Å². The molecule has 1 aromatic heterocycles. The Morgan fingerprint density at radius 1 is 1.27 bits per heavy atom. The van der Waals surface area contributed by atoms with Gasteiger partial charge in [0.25, 0.3) is 5.91 Å². The van der Waals surface area contributed by atoms with E-state index in [-0.39, 0.29) is 22.5 Å². The summed E-state index contributed by atoms with van der Waals surface area (Å²) in [5.41, 5.74) is 0.212. The maximum atomic E-state index is 14.0. The van der Waals surface area contributed by atoms with E-state index < -0.39 is 11.9 Å². The predicted octanol–water partition coefficient (Wildman–Crippen LogP) is 2.29. The molecule has 2 aliphatic rings. The van der Waals surface area contributed by atoms with Gasteiger partial charge in [0, 0.05) is 37.0 Å². The molecule has 138 valence electrons. The van der Waals surface area contributed by atoms with Gasteiger partial charge in [0.15, 0.2) is 0 Å². The van der Waals surface area contributed by atoms with E-state index in [1.807, 2.05) is 0 Å². The third-order valence-corrected chi connectivity index (χ3v) is 5.86. The third kappa shape index (κ3) is 2.97. The molecule has 2 fully saturated rings. The molecule has 1 spiro atoms. The van der Waals surface area contributed by atoms with E-state index >= 15 is 0 Å². The Morgan fingerprint density at radius 3 is 2.96 bits per heavy atom. The van der Waals surface area contributed by atoms with E-state index in [0.29, 0.717) is 18.5 Å². The van der Waals surface area contributed by atoms with Crippen molar-refractivity contribution in [3.63, 3.8) is 0 Å². The van der Waals surface area contributed by atoms with Crippen LogP contribution in [0.2, 0.25) is 0 Å². The van der Waals surface area contributed by atoms with E-state index in [1.165, 1.54) is 6.07 Å². The Bertz CT molecular complexity index is 843. The molecular weight excluding hydrogens is 333 g/mol. The fraction of sp³-hybridized carbons (Fsp3) is 0.500. The lowest BCUT2D eigenvalue weighted by molar-refractivity contribution is -0.0731. The first-order valence-electron chi connectivity index (χ1n) is 9.20. The number of pyridine rings is 1. The zero-order valence-electron chi connectivity index (χ0n) is 15.0. The van der Waals surface area contributed by atoms with Crippen molar-refractivity contribution < 1.29 is 14.3 Å². The molecule has 0 aliphatic carbocycles. The molecule has 0 unspecified atom stereocenters. The summed E-state index contributed by atoms with van der Waals surface area (Å²) in [6, 6.07) is 8.17. The first kappa shape index (κ1) is 17.4. The van der Waals surface area contributed by atoms with Crippen LogP contribution in [0.15, 0.2) is 30.3 Å². The Kier molecular flexibility index (Phi) is 4.40. The number of para-hydroxylation sites is 1. The van der Waals surface area contributed by atoms with Crippen LogP contribution in [0.3, 0.4) is 0 Å². The summed E-state index contributed by atoms with van der Waals surface area (Å²) >= 11 is 0. The molecule has 3 heterocycles. The number of benzene rings is 1. The molecule has 0 radical (unpaired) electrons. The van der Waals surface area contributed by atoms with Crippen LogP contribution in [-0.4, -0.2) is 65.1 Å². The zero-order valence-corrected chi connectivity index (χ0v) is 15.0. The van der Waals surface area contributed by atoms with Crippen LogP contribution >= 0.6 is 0 Å². The molecule has 4 rings (SSSR count). The van der Waals surface area contributed by atoms with Gasteiger partial charge in [0.1, 0.15) is 17.0 Å². The van der Waals surface area contributed by atoms with Gasteiger partial charge < -0.3 is 14.9 Å². The molecule has 2 aromatic rings. The molecule has 0 saturated carbocycles. The summed E-state index contributed by atoms with van der Waals surface area (Å²) in [6.07, 6.45) is 2.12. The second-order valence-corrected chi connectivity index (χ2v) is 7.74. The normalized spacial score (nSPS) is 27.2. The summed E-state index contributed by atoms with van der Waals surface area (Å²) in [4.78, 5) is 21.3. The Morgan fingerprint density at radius 2 is 2.12 bits per heavy atom. The van der Waals surface area contributed by atoms with Crippen molar-refractivity contribution >= 4 is 16.8 Å². The summed E-state index contributed by atoms with van der Waals surface area (Å²) in [5, 5.41) is 11.3. The summed E-state index contributed by atoms with van der Waals surface area (Å²) in [5.74, 6) is -0.605. The average molecular weight is 357 g/mol. The maximum Gasteiger partial charge on any atom is 0.272 e. The number of carbonyl (C=O) groups is 1. The highest BCUT2D eigenvalue weighted by Crippen LogP contribution is 2.38. The monoisotopic (exact) mass is 357 g/mol. The number of carbonyl (C=O) groups excluding carboxylic acids is 1. The Balaban J connectivity index is 1.61. The Hall–Kier alpha value is -2.05. The van der Waals surface area contributed by atoms with Crippen molar-refractivity contribution in [1.29, 1.82) is 0 Å². The highest BCUT2D eigenvalue weighted by molar-refractivity contribution is 5.95. The molecular formula is C20H24FN3O2. The van der Waals surface area contributed by atoms with Crippen molar-refractivity contribution in [3.05, 3.63) is 41.8 Å². The number of halogens is 1. The van der Waals surface area contributed by atoms with E-state index in [4.69, 9.17) is 0 Å². The van der Waals surface area contributed by atoms with Gasteiger partial charge in [0.2, 0.25) is 0 Å². The van der Waals surface area contributed by atoms with E-state index in [2.05, 4.69) is 16.9 Å². The molecule has 1 N–H and O–H groups in total. The maximum absolute atomic E-state index is 14.0. The number of hydrogen-bond donors (Lipinski definition) is 1. The van der Waals surface area contributed by atoms with Crippen molar-refractivity contribution in [3.8, 4) is 0 Å². The first-order valence-corrected chi connectivity index (χ1v) is 9.20. The fourth-order valence-electron chi connectivity index (χ4n) is 4.50. The topological polar surface area (TPSA) is 56.7 Å². The number of aromatic nitrogens is 1. The van der Waals surface area contributed by atoms with Crippen molar-refractivity contribution in [1.82, 2.24) is 14.8 Å². The van der Waals surface area contributed by atoms with Crippen LogP contribution in [0.25, 0.3) is 10.9 Å². The van der Waals surface area contributed by atoms with Gasteiger partial charge in [-0.3, -0.25) is 4.79 Å². The van der Waals surface area contributed by atoms with Crippen LogP contribution in [-0.2, 0) is 0 Å². The van der Waals surface area contributed by atoms with Crippen LogP contribution in [0.4, 0.5) is 4.39 Å². The van der Waals surface area contributed by atoms with Gasteiger partial charge in [-0.05, 0) is 38.4 Å². The second-order valence-electron chi connectivity index (χ2n) is 7.74. The fourth-order valence-corrected chi connectivity index (χ4v) is 4.50. The van der Waals surface area contributed by atoms with Crippen LogP contribution in [0.5, 0.6) is 0 Å². The highest BCUT2D eigenvalue weighted by Gasteiger charge is 2.45. The number of piperidine rings is 2. The number of likely N-dealkylation sites (tertiary alicyclic amines) is 2. The summed E-state index contributed by atoms with van der Waals surface area (Å²) < 4.78 is 14.0. The van der Waals surface area contributed by atoms with E-state index in [9.17, 15) is 14.3 Å². The largest absolute Gasteiger partial charge is 0.392 e. The standard InChI is InChI=1S/C20H24FN3O2/c1-23-11-8-17(25)20(12-23)9-3-10-24(13-20)19(26)16-7-6-14-4-2-5-15(21)18(14)22-16/h2,4-7,17,25H,3,8-13H2,1H3/t17-,20-/m0/s1. The van der Waals surface area contributed by atoms with Crippen LogP contribution in [0, 0.1) is 11.2 Å². The number of rotatable bonds is 1. The molecule has 6 heteroatoms. The average Bonchev–Trinajstić information content (AvgIpc) is 2.65. The second kappa shape index (κ2) is 6.59. The minimum absolute atomic E-state index is 0.186. The molecule has 26 heavy (non-hydrogen) atoms. The van der Waals surface area contributed by atoms with Gasteiger partial charge in [-0.1, -0.05) is 18.2 Å². The SMILES string of the molecule is CN1CC[C@H](O)[C@@]2(CCCN(C(=O)c3ccc4cccc(F)c4n3)C2)C1. The lowest BCUT2D eigenvalue weighted by atomic mass is 9.71. The molecule has 1 aromatic carbocycles. The minimum Gasteiger partial charge on any atom is -0.392 e. The highest BCUT2D eigenvalue weighted by atomic mass is 19.1. The van der Waals surface area contributed by atoms with Crippen molar-refractivity contribution in [2.75, 3.05) is 33.2 Å². The van der Waals surface area contributed by atoms with E-state index in [1.54, 1.807) is 29.2 Å². The van der Waals surface area contributed by atoms with Gasteiger partial charge in [-0.25, -0.2) is 9.37 Å². The smallest absolute Gasteiger partial charge is 0.272 e. The zero-order chi connectivity index (χ0) is 18.3. The number of aliphatic hydroxyl groups is 1. The summed E-state index contributed by atoms with van der Waals surface area (Å²) in [7, 11) is 2.06. The van der Waals surface area contributed by atoms with Gasteiger partial charge >= 0.3 is 0 Å². The molecule has 5 nitrogen and oxygen atoms in total. The van der Waals surface area contributed by atoms with Crippen molar-refractivity contribution in [2.24, 2.45) is 5.41 Å². The minimum atomic E-state index is -0.420. The molecule has 2 aliphatic heterocycles. The molecule has 0 bridgehead atoms. The molecule has 2 saturated heterocycles. The molecule has 2 atom stereocenters. The van der Waals surface area contributed by atoms with E-state index in [0.717, 1.165) is 32.4 Å². The number of fused-ring (bicyclic) bond motifs is 1. The van der Waals surface area contributed by atoms with Gasteiger partial charge in [-0.15, -0.1) is 0 Å². The lowest BCUT2D eigenvalue weighted by Gasteiger charge is -2.50. The molecule has 1 amide bonds. The predicted molar refractivity (Wildman–Crippen MR) is 97.4 cm³/mol. The number of amides is 1. The van der Waals surface area contributed by atoms with Gasteiger partial charge in [0.05, 0.1) is 6.10 Å². The van der Waals surface area contributed by atoms with Crippen LogP contribution < -0.4 is 0 Å².